The minimum absolute atomic E-state index is 0.230. The molecule has 0 unspecified atom stereocenters. The number of aromatic nitrogens is 1. The number of aryl methyl sites for hydroxylation is 1. The first-order chi connectivity index (χ1) is 8.65. The van der Waals surface area contributed by atoms with Gasteiger partial charge in [0, 0.05) is 6.42 Å². The van der Waals surface area contributed by atoms with Crippen molar-refractivity contribution in [2.75, 3.05) is 0 Å². The number of aliphatic carboxylic acids is 1. The Morgan fingerprint density at radius 1 is 1.28 bits per heavy atom. The number of carboxylic acids is 1. The van der Waals surface area contributed by atoms with Crippen LogP contribution in [0.2, 0.25) is 0 Å². The van der Waals surface area contributed by atoms with Gasteiger partial charge in [0.1, 0.15) is 0 Å². The molecule has 0 amide bonds. The molecule has 0 aliphatic carbocycles. The molecule has 0 saturated carbocycles. The third-order valence-corrected chi connectivity index (χ3v) is 2.84. The van der Waals surface area contributed by atoms with Crippen molar-refractivity contribution in [1.82, 2.24) is 4.98 Å². The second kappa shape index (κ2) is 5.53. The predicted octanol–water partition coefficient (Wildman–Crippen LogP) is 2.31. The number of benzene rings is 1. The monoisotopic (exact) mass is 249 g/mol. The maximum Gasteiger partial charge on any atom is 0.417 e. The third-order valence-electron chi connectivity index (χ3n) is 2.84. The number of hydrogen-bond donors (Lipinski definition) is 2. The van der Waals surface area contributed by atoms with Crippen molar-refractivity contribution < 1.29 is 14.3 Å². The van der Waals surface area contributed by atoms with Crippen LogP contribution in [-0.2, 0) is 11.2 Å². The van der Waals surface area contributed by atoms with Gasteiger partial charge in [0.25, 0.3) is 0 Å². The van der Waals surface area contributed by atoms with Gasteiger partial charge in [-0.1, -0.05) is 12.5 Å². The molecule has 96 valence electrons. The molecule has 2 N–H and O–H groups in total. The highest BCUT2D eigenvalue weighted by atomic mass is 16.4. The largest absolute Gasteiger partial charge is 0.481 e. The number of unbranched alkanes of at least 4 members (excludes halogenated alkanes) is 2. The van der Waals surface area contributed by atoms with Crippen LogP contribution in [0.3, 0.4) is 0 Å². The van der Waals surface area contributed by atoms with Crippen LogP contribution in [0.5, 0.6) is 0 Å². The van der Waals surface area contributed by atoms with E-state index >= 15 is 0 Å². The lowest BCUT2D eigenvalue weighted by Gasteiger charge is -2.00. The van der Waals surface area contributed by atoms with Gasteiger partial charge in [0.05, 0.1) is 5.52 Å². The second-order valence-corrected chi connectivity index (χ2v) is 4.30. The molecule has 0 atom stereocenters. The van der Waals surface area contributed by atoms with Crippen LogP contribution in [-0.4, -0.2) is 16.1 Å². The van der Waals surface area contributed by atoms with Gasteiger partial charge in [0.15, 0.2) is 5.58 Å². The minimum atomic E-state index is -0.743. The van der Waals surface area contributed by atoms with Crippen molar-refractivity contribution in [3.8, 4) is 0 Å². The quantitative estimate of drug-likeness (QED) is 0.769. The van der Waals surface area contributed by atoms with Crippen molar-refractivity contribution in [3.05, 3.63) is 34.3 Å². The Labute approximate surface area is 103 Å². The molecule has 0 aliphatic rings. The number of oxazole rings is 1. The Kier molecular flexibility index (Phi) is 3.82. The number of rotatable bonds is 6. The Morgan fingerprint density at radius 2 is 2.11 bits per heavy atom. The molecule has 0 saturated heterocycles. The summed E-state index contributed by atoms with van der Waals surface area (Å²) in [6.45, 7) is 0. The molecule has 5 heteroatoms. The molecule has 1 aromatic heterocycles. The van der Waals surface area contributed by atoms with Crippen molar-refractivity contribution >= 4 is 17.1 Å². The molecule has 0 radical (unpaired) electrons. The molecule has 5 nitrogen and oxygen atoms in total. The summed E-state index contributed by atoms with van der Waals surface area (Å²) in [5.74, 6) is -1.18. The van der Waals surface area contributed by atoms with E-state index < -0.39 is 11.7 Å². The van der Waals surface area contributed by atoms with E-state index in [2.05, 4.69) is 4.98 Å². The van der Waals surface area contributed by atoms with E-state index in [1.807, 2.05) is 12.1 Å². The van der Waals surface area contributed by atoms with Crippen LogP contribution in [0, 0.1) is 0 Å². The summed E-state index contributed by atoms with van der Waals surface area (Å²) in [6.07, 6.45) is 3.66. The number of aromatic amines is 1. The van der Waals surface area contributed by atoms with Crippen LogP contribution in [0.4, 0.5) is 0 Å². The highest BCUT2D eigenvalue weighted by Crippen LogP contribution is 2.14. The normalized spacial score (nSPS) is 10.9. The van der Waals surface area contributed by atoms with E-state index in [1.54, 1.807) is 6.07 Å². The van der Waals surface area contributed by atoms with E-state index in [0.29, 0.717) is 17.5 Å². The number of hydrogen-bond acceptors (Lipinski definition) is 3. The van der Waals surface area contributed by atoms with Crippen LogP contribution in [0.25, 0.3) is 11.1 Å². The summed E-state index contributed by atoms with van der Waals surface area (Å²) in [6, 6.07) is 5.60. The molecule has 0 aliphatic heterocycles. The predicted molar refractivity (Wildman–Crippen MR) is 66.6 cm³/mol. The zero-order valence-corrected chi connectivity index (χ0v) is 9.94. The first-order valence-electron chi connectivity index (χ1n) is 5.99. The van der Waals surface area contributed by atoms with Gasteiger partial charge in [-0.2, -0.15) is 0 Å². The number of carbonyl (C=O) groups is 1. The fourth-order valence-corrected chi connectivity index (χ4v) is 1.94. The molecular weight excluding hydrogens is 234 g/mol. The van der Waals surface area contributed by atoms with Crippen molar-refractivity contribution in [1.29, 1.82) is 0 Å². The zero-order chi connectivity index (χ0) is 13.0. The summed E-state index contributed by atoms with van der Waals surface area (Å²) >= 11 is 0. The Balaban J connectivity index is 1.87. The molecule has 0 bridgehead atoms. The van der Waals surface area contributed by atoms with E-state index in [-0.39, 0.29) is 6.42 Å². The summed E-state index contributed by atoms with van der Waals surface area (Å²) in [4.78, 5) is 23.9. The van der Waals surface area contributed by atoms with E-state index in [9.17, 15) is 9.59 Å². The maximum absolute atomic E-state index is 11.0. The lowest BCUT2D eigenvalue weighted by Crippen LogP contribution is -1.94. The van der Waals surface area contributed by atoms with Gasteiger partial charge < -0.3 is 9.52 Å². The maximum atomic E-state index is 11.0. The Hall–Kier alpha value is -2.04. The van der Waals surface area contributed by atoms with E-state index in [4.69, 9.17) is 9.52 Å². The first-order valence-corrected chi connectivity index (χ1v) is 5.99. The van der Waals surface area contributed by atoms with Crippen LogP contribution in [0.15, 0.2) is 27.4 Å². The molecule has 18 heavy (non-hydrogen) atoms. The molecule has 1 heterocycles. The van der Waals surface area contributed by atoms with Crippen molar-refractivity contribution in [2.45, 2.75) is 32.1 Å². The Morgan fingerprint density at radius 3 is 2.89 bits per heavy atom. The Bertz CT molecular complexity index is 596. The minimum Gasteiger partial charge on any atom is -0.481 e. The summed E-state index contributed by atoms with van der Waals surface area (Å²) in [5, 5.41) is 8.51. The van der Waals surface area contributed by atoms with Gasteiger partial charge in [0.2, 0.25) is 0 Å². The number of nitrogens with one attached hydrogen (secondary N) is 1. The molecule has 2 rings (SSSR count). The third kappa shape index (κ3) is 3.23. The average Bonchev–Trinajstić information content (AvgIpc) is 2.67. The van der Waals surface area contributed by atoms with Crippen LogP contribution in [0.1, 0.15) is 31.2 Å². The summed E-state index contributed by atoms with van der Waals surface area (Å²) in [5.41, 5.74) is 2.40. The molecule has 2 aromatic rings. The number of fused-ring (bicyclic) bond motifs is 1. The van der Waals surface area contributed by atoms with Crippen LogP contribution < -0.4 is 5.76 Å². The summed E-state index contributed by atoms with van der Waals surface area (Å²) < 4.78 is 4.92. The molecule has 1 aromatic carbocycles. The van der Waals surface area contributed by atoms with Gasteiger partial charge in [-0.3, -0.25) is 9.78 Å². The highest BCUT2D eigenvalue weighted by Gasteiger charge is 2.02. The molecular formula is C13H15NO4. The molecule has 0 spiro atoms. The summed E-state index contributed by atoms with van der Waals surface area (Å²) in [7, 11) is 0. The standard InChI is InChI=1S/C13H15NO4/c15-12(16)5-3-1-2-4-9-6-7-11-10(8-9)14-13(17)18-11/h6-8H,1-5H2,(H,14,17)(H,15,16). The second-order valence-electron chi connectivity index (χ2n) is 4.30. The fraction of sp³-hybridized carbons (Fsp3) is 0.385. The lowest BCUT2D eigenvalue weighted by molar-refractivity contribution is -0.137. The van der Waals surface area contributed by atoms with Gasteiger partial charge >= 0.3 is 11.7 Å². The first kappa shape index (κ1) is 12.4. The van der Waals surface area contributed by atoms with Gasteiger partial charge in [-0.25, -0.2) is 4.79 Å². The SMILES string of the molecule is O=C(O)CCCCCc1ccc2oc(=O)[nH]c2c1. The van der Waals surface area contributed by atoms with Crippen molar-refractivity contribution in [2.24, 2.45) is 0 Å². The molecule has 0 fully saturated rings. The van der Waals surface area contributed by atoms with Crippen molar-refractivity contribution in [3.63, 3.8) is 0 Å². The van der Waals surface area contributed by atoms with Gasteiger partial charge in [-0.15, -0.1) is 0 Å². The van der Waals surface area contributed by atoms with E-state index in [0.717, 1.165) is 24.8 Å². The number of H-pyrrole nitrogens is 1. The van der Waals surface area contributed by atoms with Crippen LogP contribution >= 0.6 is 0 Å². The zero-order valence-electron chi connectivity index (χ0n) is 9.94. The van der Waals surface area contributed by atoms with Gasteiger partial charge in [-0.05, 0) is 37.0 Å². The number of carboxylic acid groups (broad SMARTS) is 1. The highest BCUT2D eigenvalue weighted by molar-refractivity contribution is 5.72. The average molecular weight is 249 g/mol. The fourth-order valence-electron chi connectivity index (χ4n) is 1.94. The lowest BCUT2D eigenvalue weighted by atomic mass is 10.1. The topological polar surface area (TPSA) is 83.3 Å². The van der Waals surface area contributed by atoms with E-state index in [1.165, 1.54) is 0 Å². The smallest absolute Gasteiger partial charge is 0.417 e.